The lowest BCUT2D eigenvalue weighted by molar-refractivity contribution is 0.628. The van der Waals surface area contributed by atoms with Crippen molar-refractivity contribution in [1.82, 2.24) is 14.6 Å². The topological polar surface area (TPSA) is 30.2 Å². The summed E-state index contributed by atoms with van der Waals surface area (Å²) in [6.07, 6.45) is 0. The van der Waals surface area contributed by atoms with E-state index in [4.69, 9.17) is 16.6 Å². The number of hydrogen-bond donors (Lipinski definition) is 0. The van der Waals surface area contributed by atoms with E-state index in [0.717, 1.165) is 28.1 Å². The summed E-state index contributed by atoms with van der Waals surface area (Å²) in [4.78, 5) is 4.70. The average Bonchev–Trinajstić information content (AvgIpc) is 2.76. The van der Waals surface area contributed by atoms with Crippen molar-refractivity contribution in [2.24, 2.45) is 0 Å². The van der Waals surface area contributed by atoms with Crippen molar-refractivity contribution < 1.29 is 4.39 Å². The number of rotatable bonds is 2. The van der Waals surface area contributed by atoms with Crippen LogP contribution in [0.1, 0.15) is 36.7 Å². The van der Waals surface area contributed by atoms with Gasteiger partial charge < -0.3 is 0 Å². The Morgan fingerprint density at radius 2 is 1.73 bits per heavy atom. The highest BCUT2D eigenvalue weighted by Gasteiger charge is 2.20. The summed E-state index contributed by atoms with van der Waals surface area (Å²) in [5.41, 5.74) is 5.20. The minimum Gasteiger partial charge on any atom is -0.233 e. The van der Waals surface area contributed by atoms with Crippen molar-refractivity contribution in [2.45, 2.75) is 33.6 Å². The molecule has 0 radical (unpaired) electrons. The van der Waals surface area contributed by atoms with Gasteiger partial charge in [0.1, 0.15) is 11.0 Å². The molecule has 114 valence electrons. The fraction of sp³-hybridized carbons (Fsp3) is 0.294. The lowest BCUT2D eigenvalue weighted by Crippen LogP contribution is -2.04. The number of benzene rings is 1. The van der Waals surface area contributed by atoms with Gasteiger partial charge in [0.2, 0.25) is 0 Å². The number of hydrogen-bond acceptors (Lipinski definition) is 2. The van der Waals surface area contributed by atoms with E-state index in [1.165, 1.54) is 12.1 Å². The molecule has 0 amide bonds. The van der Waals surface area contributed by atoms with E-state index in [1.807, 2.05) is 13.8 Å². The third kappa shape index (κ3) is 2.28. The Bertz CT molecular complexity index is 851. The third-order valence-corrected chi connectivity index (χ3v) is 4.18. The van der Waals surface area contributed by atoms with Crippen LogP contribution in [-0.2, 0) is 0 Å². The molecule has 5 heteroatoms. The predicted molar refractivity (Wildman–Crippen MR) is 87.0 cm³/mol. The lowest BCUT2D eigenvalue weighted by Gasteiger charge is -2.12. The summed E-state index contributed by atoms with van der Waals surface area (Å²) < 4.78 is 14.8. The molecule has 0 spiro atoms. The number of aryl methyl sites for hydroxylation is 2. The van der Waals surface area contributed by atoms with Crippen molar-refractivity contribution in [1.29, 1.82) is 0 Å². The standard InChI is InChI=1S/C17H17ClFN3/c1-9(2)14-10(3)20-17-15(11(4)21-22(17)16(14)18)12-5-7-13(19)8-6-12/h5-9H,1-4H3. The van der Waals surface area contributed by atoms with Crippen LogP contribution in [0.15, 0.2) is 24.3 Å². The zero-order valence-electron chi connectivity index (χ0n) is 13.0. The maximum atomic E-state index is 13.2. The van der Waals surface area contributed by atoms with E-state index in [9.17, 15) is 4.39 Å². The summed E-state index contributed by atoms with van der Waals surface area (Å²) in [5.74, 6) is 0.00493. The Kier molecular flexibility index (Phi) is 3.65. The number of halogens is 2. The normalized spacial score (nSPS) is 11.6. The molecule has 3 nitrogen and oxygen atoms in total. The van der Waals surface area contributed by atoms with Crippen LogP contribution in [0.4, 0.5) is 4.39 Å². The zero-order chi connectivity index (χ0) is 16.0. The van der Waals surface area contributed by atoms with E-state index in [0.29, 0.717) is 10.8 Å². The van der Waals surface area contributed by atoms with Crippen LogP contribution in [0.5, 0.6) is 0 Å². The minimum atomic E-state index is -0.262. The van der Waals surface area contributed by atoms with Gasteiger partial charge >= 0.3 is 0 Å². The van der Waals surface area contributed by atoms with Crippen molar-refractivity contribution >= 4 is 17.2 Å². The first-order valence-electron chi connectivity index (χ1n) is 7.21. The number of fused-ring (bicyclic) bond motifs is 1. The molecule has 3 aromatic rings. The summed E-state index contributed by atoms with van der Waals surface area (Å²) in [6, 6.07) is 6.35. The molecule has 0 fully saturated rings. The molecule has 0 N–H and O–H groups in total. The van der Waals surface area contributed by atoms with Crippen LogP contribution in [0.25, 0.3) is 16.8 Å². The van der Waals surface area contributed by atoms with Gasteiger partial charge in [-0.05, 0) is 37.5 Å². The molecule has 0 unspecified atom stereocenters. The lowest BCUT2D eigenvalue weighted by atomic mass is 10.0. The fourth-order valence-electron chi connectivity index (χ4n) is 2.85. The SMILES string of the molecule is Cc1nc2c(-c3ccc(F)cc3)c(C)nn2c(Cl)c1C(C)C. The summed E-state index contributed by atoms with van der Waals surface area (Å²) in [5, 5.41) is 5.12. The first kappa shape index (κ1) is 15.0. The van der Waals surface area contributed by atoms with E-state index in [2.05, 4.69) is 18.9 Å². The van der Waals surface area contributed by atoms with Gasteiger partial charge in [-0.2, -0.15) is 5.10 Å². The summed E-state index contributed by atoms with van der Waals surface area (Å²) in [6.45, 7) is 8.03. The Morgan fingerprint density at radius 1 is 1.09 bits per heavy atom. The van der Waals surface area contributed by atoms with E-state index in [-0.39, 0.29) is 11.7 Å². The molecule has 22 heavy (non-hydrogen) atoms. The van der Waals surface area contributed by atoms with E-state index < -0.39 is 0 Å². The van der Waals surface area contributed by atoms with E-state index >= 15 is 0 Å². The first-order valence-corrected chi connectivity index (χ1v) is 7.59. The third-order valence-electron chi connectivity index (χ3n) is 3.82. The van der Waals surface area contributed by atoms with Gasteiger partial charge in [-0.25, -0.2) is 13.9 Å². The molecule has 3 rings (SSSR count). The maximum absolute atomic E-state index is 13.2. The van der Waals surface area contributed by atoms with Crippen LogP contribution in [0, 0.1) is 19.7 Å². The largest absolute Gasteiger partial charge is 0.233 e. The Morgan fingerprint density at radius 3 is 2.32 bits per heavy atom. The van der Waals surface area contributed by atoms with Crippen molar-refractivity contribution in [3.63, 3.8) is 0 Å². The molecule has 2 aromatic heterocycles. The predicted octanol–water partition coefficient (Wildman–Crippen LogP) is 4.93. The molecule has 0 aliphatic rings. The average molecular weight is 318 g/mol. The van der Waals surface area contributed by atoms with Gasteiger partial charge in [0.25, 0.3) is 0 Å². The summed E-state index contributed by atoms with van der Waals surface area (Å²) in [7, 11) is 0. The van der Waals surface area contributed by atoms with E-state index in [1.54, 1.807) is 16.6 Å². The van der Waals surface area contributed by atoms with Gasteiger partial charge in [0.15, 0.2) is 5.65 Å². The van der Waals surface area contributed by atoms with Crippen LogP contribution < -0.4 is 0 Å². The molecule has 0 atom stereocenters. The Hall–Kier alpha value is -1.94. The Balaban J connectivity index is 2.33. The minimum absolute atomic E-state index is 0.262. The van der Waals surface area contributed by atoms with Crippen LogP contribution in [0.3, 0.4) is 0 Å². The van der Waals surface area contributed by atoms with Crippen molar-refractivity contribution in [3.8, 4) is 11.1 Å². The van der Waals surface area contributed by atoms with Gasteiger partial charge in [-0.1, -0.05) is 37.6 Å². The number of aromatic nitrogens is 3. The van der Waals surface area contributed by atoms with Gasteiger partial charge in [-0.3, -0.25) is 0 Å². The molecule has 0 aliphatic carbocycles. The molecule has 0 saturated carbocycles. The molecular weight excluding hydrogens is 301 g/mol. The van der Waals surface area contributed by atoms with Crippen LogP contribution >= 0.6 is 11.6 Å². The highest BCUT2D eigenvalue weighted by Crippen LogP contribution is 2.33. The number of nitrogens with zero attached hydrogens (tertiary/aromatic N) is 3. The molecule has 1 aromatic carbocycles. The second-order valence-electron chi connectivity index (χ2n) is 5.76. The van der Waals surface area contributed by atoms with Gasteiger partial charge in [-0.15, -0.1) is 0 Å². The highest BCUT2D eigenvalue weighted by molar-refractivity contribution is 6.30. The Labute approximate surface area is 133 Å². The highest BCUT2D eigenvalue weighted by atomic mass is 35.5. The van der Waals surface area contributed by atoms with Crippen LogP contribution in [0.2, 0.25) is 5.15 Å². The monoisotopic (exact) mass is 317 g/mol. The molecule has 0 saturated heterocycles. The quantitative estimate of drug-likeness (QED) is 0.627. The van der Waals surface area contributed by atoms with Crippen molar-refractivity contribution in [3.05, 3.63) is 52.2 Å². The van der Waals surface area contributed by atoms with Crippen LogP contribution in [-0.4, -0.2) is 14.6 Å². The second kappa shape index (κ2) is 5.36. The molecule has 0 bridgehead atoms. The molecule has 0 aliphatic heterocycles. The second-order valence-corrected chi connectivity index (χ2v) is 6.12. The zero-order valence-corrected chi connectivity index (χ0v) is 13.7. The maximum Gasteiger partial charge on any atom is 0.165 e. The van der Waals surface area contributed by atoms with Gasteiger partial charge in [0.05, 0.1) is 5.69 Å². The van der Waals surface area contributed by atoms with Crippen molar-refractivity contribution in [2.75, 3.05) is 0 Å². The van der Waals surface area contributed by atoms with Gasteiger partial charge in [0, 0.05) is 16.8 Å². The summed E-state index contributed by atoms with van der Waals surface area (Å²) >= 11 is 6.54. The smallest absolute Gasteiger partial charge is 0.165 e. The first-order chi connectivity index (χ1) is 10.4. The fourth-order valence-corrected chi connectivity index (χ4v) is 3.32. The molecular formula is C17H17ClFN3. The molecule has 2 heterocycles.